The van der Waals surface area contributed by atoms with Crippen molar-refractivity contribution in [3.63, 3.8) is 0 Å². The summed E-state index contributed by atoms with van der Waals surface area (Å²) in [5, 5.41) is -0.481. The molecule has 1 aromatic heterocycles. The number of hydrogen-bond donors (Lipinski definition) is 1. The van der Waals surface area contributed by atoms with Crippen LogP contribution in [0.3, 0.4) is 0 Å². The SMILES string of the molecule is CC(C)(C)[S@+]([O-])N[C@H](c1ncc(F)cc1Cl)C(F)(F)F. The van der Waals surface area contributed by atoms with E-state index in [4.69, 9.17) is 11.6 Å². The van der Waals surface area contributed by atoms with Crippen molar-refractivity contribution in [2.24, 2.45) is 0 Å². The topological polar surface area (TPSA) is 48.0 Å². The molecule has 0 aromatic carbocycles. The van der Waals surface area contributed by atoms with Gasteiger partial charge in [-0.25, -0.2) is 4.39 Å². The van der Waals surface area contributed by atoms with Gasteiger partial charge in [-0.3, -0.25) is 4.98 Å². The highest BCUT2D eigenvalue weighted by Crippen LogP contribution is 2.36. The summed E-state index contributed by atoms with van der Waals surface area (Å²) in [6.45, 7) is 4.55. The summed E-state index contributed by atoms with van der Waals surface area (Å²) < 4.78 is 64.9. The molecule has 1 N–H and O–H groups in total. The standard InChI is InChI=1S/C11H13ClF4N2OS/c1-10(2,3)20(19)18-9(11(14,15)16)8-7(12)4-6(13)5-17-8/h4-5,9,18H,1-3H3/t9-,20+/m1/s1. The summed E-state index contributed by atoms with van der Waals surface area (Å²) in [6, 6.07) is -1.61. The van der Waals surface area contributed by atoms with Crippen molar-refractivity contribution in [2.75, 3.05) is 0 Å². The van der Waals surface area contributed by atoms with Crippen LogP contribution >= 0.6 is 11.6 Å². The number of nitrogens with zero attached hydrogens (tertiary/aromatic N) is 1. The molecule has 0 amide bonds. The maximum absolute atomic E-state index is 13.0. The van der Waals surface area contributed by atoms with Gasteiger partial charge >= 0.3 is 6.18 Å². The second kappa shape index (κ2) is 6.05. The van der Waals surface area contributed by atoms with Crippen molar-refractivity contribution in [3.05, 3.63) is 28.8 Å². The Morgan fingerprint density at radius 2 is 1.90 bits per heavy atom. The van der Waals surface area contributed by atoms with Gasteiger partial charge in [0.2, 0.25) is 0 Å². The van der Waals surface area contributed by atoms with Crippen molar-refractivity contribution in [3.8, 4) is 0 Å². The van der Waals surface area contributed by atoms with Gasteiger partial charge in [-0.15, -0.1) is 4.72 Å². The fourth-order valence-corrected chi connectivity index (χ4v) is 2.27. The highest BCUT2D eigenvalue weighted by Gasteiger charge is 2.47. The first-order valence-electron chi connectivity index (χ1n) is 5.48. The van der Waals surface area contributed by atoms with E-state index in [1.165, 1.54) is 20.8 Å². The van der Waals surface area contributed by atoms with E-state index in [0.717, 1.165) is 6.07 Å². The number of nitrogens with one attached hydrogen (secondary N) is 1. The number of alkyl halides is 3. The highest BCUT2D eigenvalue weighted by molar-refractivity contribution is 7.90. The predicted octanol–water partition coefficient (Wildman–Crippen LogP) is 3.53. The summed E-state index contributed by atoms with van der Waals surface area (Å²) in [5.41, 5.74) is -0.613. The monoisotopic (exact) mass is 332 g/mol. The van der Waals surface area contributed by atoms with Crippen molar-refractivity contribution in [1.82, 2.24) is 9.71 Å². The Bertz CT molecular complexity index is 478. The average molecular weight is 333 g/mol. The van der Waals surface area contributed by atoms with Crippen LogP contribution in [-0.2, 0) is 11.4 Å². The largest absolute Gasteiger partial charge is 0.598 e. The van der Waals surface area contributed by atoms with Crippen molar-refractivity contribution >= 4 is 23.0 Å². The van der Waals surface area contributed by atoms with E-state index in [9.17, 15) is 22.1 Å². The normalized spacial score (nSPS) is 16.1. The molecule has 0 aliphatic rings. The quantitative estimate of drug-likeness (QED) is 0.680. The van der Waals surface area contributed by atoms with Crippen LogP contribution in [-0.4, -0.2) is 20.5 Å². The van der Waals surface area contributed by atoms with Crippen LogP contribution in [0.25, 0.3) is 0 Å². The van der Waals surface area contributed by atoms with Crippen LogP contribution in [0.4, 0.5) is 17.6 Å². The van der Waals surface area contributed by atoms with Gasteiger partial charge in [-0.2, -0.15) is 13.2 Å². The smallest absolute Gasteiger partial charge is 0.413 e. The van der Waals surface area contributed by atoms with Crippen LogP contribution in [0.15, 0.2) is 12.3 Å². The third-order valence-corrected chi connectivity index (χ3v) is 4.08. The van der Waals surface area contributed by atoms with Gasteiger partial charge in [0.25, 0.3) is 0 Å². The zero-order valence-electron chi connectivity index (χ0n) is 10.9. The van der Waals surface area contributed by atoms with Gasteiger partial charge in [0.1, 0.15) is 10.6 Å². The third kappa shape index (κ3) is 4.47. The molecule has 1 rings (SSSR count). The minimum Gasteiger partial charge on any atom is -0.598 e. The Morgan fingerprint density at radius 1 is 1.35 bits per heavy atom. The number of aromatic nitrogens is 1. The average Bonchev–Trinajstić information content (AvgIpc) is 2.23. The molecule has 0 aliphatic carbocycles. The lowest BCUT2D eigenvalue weighted by atomic mass is 10.2. The fraction of sp³-hybridized carbons (Fsp3) is 0.545. The first kappa shape index (κ1) is 17.5. The zero-order valence-corrected chi connectivity index (χ0v) is 12.5. The molecule has 3 nitrogen and oxygen atoms in total. The fourth-order valence-electron chi connectivity index (χ4n) is 1.20. The number of halogens is 5. The molecule has 0 aliphatic heterocycles. The van der Waals surface area contributed by atoms with Crippen LogP contribution in [0.2, 0.25) is 5.02 Å². The van der Waals surface area contributed by atoms with Crippen LogP contribution in [0, 0.1) is 5.82 Å². The molecule has 0 fully saturated rings. The Hall–Kier alpha value is -0.570. The summed E-state index contributed by atoms with van der Waals surface area (Å²) in [6.07, 6.45) is -4.14. The first-order valence-corrected chi connectivity index (χ1v) is 7.01. The first-order chi connectivity index (χ1) is 8.93. The minimum absolute atomic E-state index is 0.481. The maximum atomic E-state index is 13.0. The number of pyridine rings is 1. The van der Waals surface area contributed by atoms with Gasteiger partial charge in [0, 0.05) is 11.4 Å². The summed E-state index contributed by atoms with van der Waals surface area (Å²) in [4.78, 5) is 3.36. The summed E-state index contributed by atoms with van der Waals surface area (Å²) in [7, 11) is 0. The van der Waals surface area contributed by atoms with E-state index in [2.05, 4.69) is 4.98 Å². The Labute approximate surface area is 122 Å². The molecular formula is C11H13ClF4N2OS. The highest BCUT2D eigenvalue weighted by atomic mass is 35.5. The molecule has 1 heterocycles. The number of hydrogen-bond acceptors (Lipinski definition) is 3. The van der Waals surface area contributed by atoms with E-state index >= 15 is 0 Å². The minimum atomic E-state index is -4.77. The van der Waals surface area contributed by atoms with Crippen molar-refractivity contribution < 1.29 is 22.1 Å². The summed E-state index contributed by atoms with van der Waals surface area (Å²) in [5.74, 6) is -0.850. The number of rotatable bonds is 3. The van der Waals surface area contributed by atoms with Gasteiger partial charge in [-0.05, 0) is 26.8 Å². The zero-order chi connectivity index (χ0) is 15.7. The lowest BCUT2D eigenvalue weighted by molar-refractivity contribution is -0.153. The van der Waals surface area contributed by atoms with E-state index in [0.29, 0.717) is 6.20 Å². The van der Waals surface area contributed by atoms with Gasteiger partial charge in [0.05, 0.1) is 16.9 Å². The molecule has 1 aromatic rings. The second-order valence-electron chi connectivity index (χ2n) is 4.99. The van der Waals surface area contributed by atoms with Crippen LogP contribution in [0.1, 0.15) is 32.5 Å². The summed E-state index contributed by atoms with van der Waals surface area (Å²) >= 11 is 3.60. The van der Waals surface area contributed by atoms with Gasteiger partial charge in [-0.1, -0.05) is 11.6 Å². The molecular weight excluding hydrogens is 320 g/mol. The van der Waals surface area contributed by atoms with Gasteiger partial charge < -0.3 is 4.55 Å². The molecule has 0 saturated heterocycles. The third-order valence-electron chi connectivity index (χ3n) is 2.22. The van der Waals surface area contributed by atoms with Crippen LogP contribution in [0.5, 0.6) is 0 Å². The molecule has 0 spiro atoms. The van der Waals surface area contributed by atoms with Crippen molar-refractivity contribution in [2.45, 2.75) is 37.7 Å². The molecule has 114 valence electrons. The molecule has 0 radical (unpaired) electrons. The Balaban J connectivity index is 3.14. The lowest BCUT2D eigenvalue weighted by Crippen LogP contribution is -2.46. The van der Waals surface area contributed by atoms with E-state index < -0.39 is 44.9 Å². The Morgan fingerprint density at radius 3 is 2.30 bits per heavy atom. The second-order valence-corrected chi connectivity index (χ2v) is 7.40. The van der Waals surface area contributed by atoms with Crippen molar-refractivity contribution in [1.29, 1.82) is 0 Å². The Kier molecular flexibility index (Phi) is 5.29. The molecule has 0 unspecified atom stereocenters. The van der Waals surface area contributed by atoms with E-state index in [-0.39, 0.29) is 0 Å². The molecule has 0 bridgehead atoms. The maximum Gasteiger partial charge on any atom is 0.413 e. The van der Waals surface area contributed by atoms with Crippen LogP contribution < -0.4 is 4.72 Å². The van der Waals surface area contributed by atoms with E-state index in [1.54, 1.807) is 0 Å². The lowest BCUT2D eigenvalue weighted by Gasteiger charge is -2.28. The molecule has 20 heavy (non-hydrogen) atoms. The predicted molar refractivity (Wildman–Crippen MR) is 69.0 cm³/mol. The van der Waals surface area contributed by atoms with E-state index in [1.807, 2.05) is 4.72 Å². The molecule has 2 atom stereocenters. The molecule has 0 saturated carbocycles. The van der Waals surface area contributed by atoms with Gasteiger partial charge in [0.15, 0.2) is 6.04 Å². The molecule has 9 heteroatoms.